The van der Waals surface area contributed by atoms with E-state index in [4.69, 9.17) is 4.42 Å². The van der Waals surface area contributed by atoms with Gasteiger partial charge >= 0.3 is 0 Å². The van der Waals surface area contributed by atoms with E-state index in [-0.39, 0.29) is 12.1 Å². The summed E-state index contributed by atoms with van der Waals surface area (Å²) in [5.74, 6) is -1.78. The predicted octanol–water partition coefficient (Wildman–Crippen LogP) is 3.30. The number of nitrogens with one attached hydrogen (secondary N) is 1. The Morgan fingerprint density at radius 3 is 2.56 bits per heavy atom. The molecule has 1 heterocycles. The number of aryl methyl sites for hydroxylation is 1. The number of aromatic nitrogens is 2. The van der Waals surface area contributed by atoms with Crippen LogP contribution in [0.3, 0.4) is 0 Å². The van der Waals surface area contributed by atoms with Crippen molar-refractivity contribution in [2.45, 2.75) is 13.3 Å². The summed E-state index contributed by atoms with van der Waals surface area (Å²) in [6.07, 6.45) is 0.328. The van der Waals surface area contributed by atoms with Crippen LogP contribution in [0, 0.1) is 18.6 Å². The summed E-state index contributed by atoms with van der Waals surface area (Å²) in [5.41, 5.74) is 1.99. The van der Waals surface area contributed by atoms with Crippen molar-refractivity contribution in [1.82, 2.24) is 15.5 Å². The van der Waals surface area contributed by atoms with Gasteiger partial charge in [-0.3, -0.25) is 4.79 Å². The Morgan fingerprint density at radius 1 is 1.08 bits per heavy atom. The van der Waals surface area contributed by atoms with E-state index in [2.05, 4.69) is 15.5 Å². The Hall–Kier alpha value is -3.09. The molecule has 0 aliphatic rings. The Morgan fingerprint density at radius 2 is 1.84 bits per heavy atom. The molecule has 1 aromatic heterocycles. The Balaban J connectivity index is 1.56. The quantitative estimate of drug-likeness (QED) is 0.772. The highest BCUT2D eigenvalue weighted by atomic mass is 19.2. The van der Waals surface area contributed by atoms with Crippen LogP contribution in [0.25, 0.3) is 11.5 Å². The van der Waals surface area contributed by atoms with Crippen LogP contribution in [-0.4, -0.2) is 22.6 Å². The molecule has 0 aliphatic carbocycles. The number of nitrogens with zero attached hydrogens (tertiary/aromatic N) is 2. The average Bonchev–Trinajstić information content (AvgIpc) is 3.06. The number of rotatable bonds is 5. The molecule has 2 aromatic carbocycles. The monoisotopic (exact) mass is 343 g/mol. The summed E-state index contributed by atoms with van der Waals surface area (Å²) in [5, 5.41) is 10.5. The van der Waals surface area contributed by atoms with Gasteiger partial charge in [0, 0.05) is 24.1 Å². The molecule has 0 unspecified atom stereocenters. The van der Waals surface area contributed by atoms with Gasteiger partial charge in [0.2, 0.25) is 11.8 Å². The molecule has 0 aliphatic heterocycles. The number of hydrogen-bond donors (Lipinski definition) is 1. The zero-order valence-corrected chi connectivity index (χ0v) is 13.4. The maximum absolute atomic E-state index is 13.1. The first-order valence-corrected chi connectivity index (χ1v) is 7.65. The maximum atomic E-state index is 13.1. The second kappa shape index (κ2) is 7.21. The smallest absolute Gasteiger partial charge is 0.251 e. The number of carbonyl (C=O) groups is 1. The molecular weight excluding hydrogens is 328 g/mol. The predicted molar refractivity (Wildman–Crippen MR) is 86.9 cm³/mol. The molecule has 0 spiro atoms. The van der Waals surface area contributed by atoms with E-state index in [1.54, 1.807) is 0 Å². The summed E-state index contributed by atoms with van der Waals surface area (Å²) in [7, 11) is 0. The summed E-state index contributed by atoms with van der Waals surface area (Å²) < 4.78 is 31.5. The average molecular weight is 343 g/mol. The molecule has 0 bridgehead atoms. The lowest BCUT2D eigenvalue weighted by Gasteiger charge is -2.04. The van der Waals surface area contributed by atoms with Crippen molar-refractivity contribution in [2.75, 3.05) is 6.54 Å². The standard InChI is InChI=1S/C18H15F2N3O2/c1-11-2-4-12(5-3-11)18-23-22-16(25-18)8-9-21-17(24)13-6-7-14(19)15(20)10-13/h2-7,10H,8-9H2,1H3,(H,21,24). The van der Waals surface area contributed by atoms with Crippen molar-refractivity contribution >= 4 is 5.91 Å². The molecule has 25 heavy (non-hydrogen) atoms. The molecule has 0 saturated heterocycles. The lowest BCUT2D eigenvalue weighted by molar-refractivity contribution is 0.0953. The van der Waals surface area contributed by atoms with E-state index in [9.17, 15) is 13.6 Å². The molecule has 1 N–H and O–H groups in total. The van der Waals surface area contributed by atoms with Crippen molar-refractivity contribution in [1.29, 1.82) is 0 Å². The molecular formula is C18H15F2N3O2. The molecule has 0 atom stereocenters. The van der Waals surface area contributed by atoms with E-state index in [0.717, 1.165) is 23.3 Å². The first-order valence-electron chi connectivity index (χ1n) is 7.65. The van der Waals surface area contributed by atoms with Crippen LogP contribution in [0.2, 0.25) is 0 Å². The van der Waals surface area contributed by atoms with Crippen LogP contribution < -0.4 is 5.32 Å². The van der Waals surface area contributed by atoms with Gasteiger partial charge in [0.1, 0.15) is 0 Å². The first-order chi connectivity index (χ1) is 12.0. The van der Waals surface area contributed by atoms with Gasteiger partial charge in [-0.25, -0.2) is 8.78 Å². The Labute approximate surface area is 142 Å². The van der Waals surface area contributed by atoms with Gasteiger partial charge in [-0.2, -0.15) is 0 Å². The van der Waals surface area contributed by atoms with Gasteiger partial charge in [-0.1, -0.05) is 17.7 Å². The molecule has 0 saturated carbocycles. The van der Waals surface area contributed by atoms with Crippen LogP contribution in [0.1, 0.15) is 21.8 Å². The highest BCUT2D eigenvalue weighted by Gasteiger charge is 2.11. The Kier molecular flexibility index (Phi) is 4.83. The maximum Gasteiger partial charge on any atom is 0.251 e. The largest absolute Gasteiger partial charge is 0.421 e. The minimum atomic E-state index is -1.06. The highest BCUT2D eigenvalue weighted by Crippen LogP contribution is 2.18. The highest BCUT2D eigenvalue weighted by molar-refractivity contribution is 5.94. The third-order valence-electron chi connectivity index (χ3n) is 3.57. The third kappa shape index (κ3) is 4.06. The number of carbonyl (C=O) groups excluding carboxylic acids is 1. The third-order valence-corrected chi connectivity index (χ3v) is 3.57. The molecule has 0 radical (unpaired) electrons. The molecule has 128 valence electrons. The number of hydrogen-bond acceptors (Lipinski definition) is 4. The van der Waals surface area contributed by atoms with E-state index in [1.807, 2.05) is 31.2 Å². The van der Waals surface area contributed by atoms with Gasteiger partial charge < -0.3 is 9.73 Å². The zero-order chi connectivity index (χ0) is 17.8. The van der Waals surface area contributed by atoms with Crippen molar-refractivity contribution in [3.8, 4) is 11.5 Å². The van der Waals surface area contributed by atoms with Crippen LogP contribution in [0.5, 0.6) is 0 Å². The Bertz CT molecular complexity index is 892. The van der Waals surface area contributed by atoms with Gasteiger partial charge in [-0.05, 0) is 37.3 Å². The summed E-state index contributed by atoms with van der Waals surface area (Å²) in [4.78, 5) is 11.9. The normalized spacial score (nSPS) is 10.7. The van der Waals surface area contributed by atoms with Gasteiger partial charge in [-0.15, -0.1) is 10.2 Å². The van der Waals surface area contributed by atoms with E-state index in [1.165, 1.54) is 6.07 Å². The summed E-state index contributed by atoms with van der Waals surface area (Å²) >= 11 is 0. The van der Waals surface area contributed by atoms with Gasteiger partial charge in [0.15, 0.2) is 11.6 Å². The van der Waals surface area contributed by atoms with Gasteiger partial charge in [0.25, 0.3) is 5.91 Å². The topological polar surface area (TPSA) is 68.0 Å². The second-order valence-corrected chi connectivity index (χ2v) is 5.50. The lowest BCUT2D eigenvalue weighted by atomic mass is 10.1. The number of halogens is 2. The molecule has 3 aromatic rings. The molecule has 7 heteroatoms. The van der Waals surface area contributed by atoms with E-state index >= 15 is 0 Å². The van der Waals surface area contributed by atoms with Crippen LogP contribution >= 0.6 is 0 Å². The molecule has 3 rings (SSSR count). The molecule has 5 nitrogen and oxygen atoms in total. The number of amides is 1. The lowest BCUT2D eigenvalue weighted by Crippen LogP contribution is -2.25. The van der Waals surface area contributed by atoms with E-state index in [0.29, 0.717) is 18.2 Å². The zero-order valence-electron chi connectivity index (χ0n) is 13.4. The second-order valence-electron chi connectivity index (χ2n) is 5.50. The minimum Gasteiger partial charge on any atom is -0.421 e. The van der Waals surface area contributed by atoms with Crippen molar-refractivity contribution in [3.63, 3.8) is 0 Å². The van der Waals surface area contributed by atoms with Gasteiger partial charge in [0.05, 0.1) is 0 Å². The van der Waals surface area contributed by atoms with Crippen LogP contribution in [0.4, 0.5) is 8.78 Å². The SMILES string of the molecule is Cc1ccc(-c2nnc(CCNC(=O)c3ccc(F)c(F)c3)o2)cc1. The number of benzene rings is 2. The molecule has 0 fully saturated rings. The fraction of sp³-hybridized carbons (Fsp3) is 0.167. The first kappa shape index (κ1) is 16.8. The van der Waals surface area contributed by atoms with Crippen molar-refractivity contribution in [2.24, 2.45) is 0 Å². The minimum absolute atomic E-state index is 0.0461. The van der Waals surface area contributed by atoms with Crippen molar-refractivity contribution in [3.05, 3.63) is 71.1 Å². The van der Waals surface area contributed by atoms with E-state index < -0.39 is 17.5 Å². The fourth-order valence-electron chi connectivity index (χ4n) is 2.19. The van der Waals surface area contributed by atoms with Crippen LogP contribution in [0.15, 0.2) is 46.9 Å². The fourth-order valence-corrected chi connectivity index (χ4v) is 2.19. The summed E-state index contributed by atoms with van der Waals surface area (Å²) in [6, 6.07) is 10.6. The summed E-state index contributed by atoms with van der Waals surface area (Å²) in [6.45, 7) is 2.21. The molecule has 1 amide bonds. The van der Waals surface area contributed by atoms with Crippen LogP contribution in [-0.2, 0) is 6.42 Å². The van der Waals surface area contributed by atoms with Crippen molar-refractivity contribution < 1.29 is 18.0 Å².